The van der Waals surface area contributed by atoms with Crippen LogP contribution in [0.3, 0.4) is 0 Å². The summed E-state index contributed by atoms with van der Waals surface area (Å²) in [5, 5.41) is 9.97. The molecule has 1 aromatic carbocycles. The van der Waals surface area contributed by atoms with Crippen molar-refractivity contribution in [2.75, 3.05) is 6.54 Å². The number of nitrogens with zero attached hydrogens (tertiary/aromatic N) is 1. The van der Waals surface area contributed by atoms with Crippen LogP contribution in [0.25, 0.3) is 11.3 Å². The number of aromatic amines is 1. The van der Waals surface area contributed by atoms with E-state index in [2.05, 4.69) is 15.5 Å². The summed E-state index contributed by atoms with van der Waals surface area (Å²) >= 11 is 0. The minimum atomic E-state index is -0.435. The van der Waals surface area contributed by atoms with Crippen LogP contribution in [0.4, 0.5) is 0 Å². The van der Waals surface area contributed by atoms with Crippen LogP contribution in [0.15, 0.2) is 36.4 Å². The lowest BCUT2D eigenvalue weighted by molar-refractivity contribution is 0.0878. The fourth-order valence-corrected chi connectivity index (χ4v) is 1.95. The first-order chi connectivity index (χ1) is 9.96. The number of H-pyrrole nitrogens is 1. The number of nitrogens with one attached hydrogen (secondary N) is 2. The van der Waals surface area contributed by atoms with Crippen molar-refractivity contribution in [1.82, 2.24) is 15.5 Å². The van der Waals surface area contributed by atoms with E-state index in [0.29, 0.717) is 12.2 Å². The number of hydrogen-bond donors (Lipinski definition) is 3. The lowest BCUT2D eigenvalue weighted by Crippen LogP contribution is -2.55. The molecule has 2 rings (SSSR count). The molecule has 0 saturated heterocycles. The summed E-state index contributed by atoms with van der Waals surface area (Å²) in [6.45, 7) is 6.41. The van der Waals surface area contributed by atoms with E-state index in [4.69, 9.17) is 5.73 Å². The summed E-state index contributed by atoms with van der Waals surface area (Å²) in [6, 6.07) is 11.5. The van der Waals surface area contributed by atoms with Gasteiger partial charge in [0.05, 0.1) is 11.2 Å². The number of amides is 1. The van der Waals surface area contributed by atoms with Crippen molar-refractivity contribution in [3.8, 4) is 11.3 Å². The zero-order chi connectivity index (χ0) is 15.5. The van der Waals surface area contributed by atoms with E-state index in [1.807, 2.05) is 51.1 Å². The topological polar surface area (TPSA) is 83.8 Å². The second-order valence-electron chi connectivity index (χ2n) is 5.76. The Morgan fingerprint density at radius 3 is 2.55 bits per heavy atom. The maximum atomic E-state index is 12.3. The van der Waals surface area contributed by atoms with Gasteiger partial charge in [0.2, 0.25) is 0 Å². The molecule has 1 amide bonds. The third-order valence-corrected chi connectivity index (χ3v) is 3.99. The van der Waals surface area contributed by atoms with Gasteiger partial charge in [-0.1, -0.05) is 44.2 Å². The van der Waals surface area contributed by atoms with Crippen molar-refractivity contribution < 1.29 is 4.79 Å². The van der Waals surface area contributed by atoms with Gasteiger partial charge in [-0.3, -0.25) is 9.89 Å². The van der Waals surface area contributed by atoms with Crippen LogP contribution in [-0.2, 0) is 0 Å². The van der Waals surface area contributed by atoms with Gasteiger partial charge in [0.1, 0.15) is 5.69 Å². The Balaban J connectivity index is 0.00000242. The van der Waals surface area contributed by atoms with Gasteiger partial charge in [-0.15, -0.1) is 12.4 Å². The lowest BCUT2D eigenvalue weighted by atomic mass is 9.88. The molecule has 2 aromatic rings. The first kappa shape index (κ1) is 18.2. The number of halogens is 1. The second kappa shape index (κ2) is 7.42. The highest BCUT2D eigenvalue weighted by molar-refractivity contribution is 5.93. The molecule has 120 valence electrons. The Morgan fingerprint density at radius 2 is 2.00 bits per heavy atom. The Kier molecular flexibility index (Phi) is 6.14. The van der Waals surface area contributed by atoms with E-state index in [-0.39, 0.29) is 24.2 Å². The summed E-state index contributed by atoms with van der Waals surface area (Å²) in [5.41, 5.74) is 7.51. The molecule has 6 heteroatoms. The highest BCUT2D eigenvalue weighted by Gasteiger charge is 2.29. The summed E-state index contributed by atoms with van der Waals surface area (Å²) in [5.74, 6) is 0.0503. The maximum Gasteiger partial charge on any atom is 0.269 e. The zero-order valence-electron chi connectivity index (χ0n) is 13.1. The summed E-state index contributed by atoms with van der Waals surface area (Å²) in [6.07, 6.45) is 0. The van der Waals surface area contributed by atoms with E-state index in [0.717, 1.165) is 11.3 Å². The molecule has 0 bridgehead atoms. The molecule has 1 atom stereocenters. The van der Waals surface area contributed by atoms with Gasteiger partial charge in [0, 0.05) is 12.1 Å². The van der Waals surface area contributed by atoms with Crippen molar-refractivity contribution in [3.63, 3.8) is 0 Å². The van der Waals surface area contributed by atoms with Gasteiger partial charge in [-0.2, -0.15) is 5.10 Å². The van der Waals surface area contributed by atoms with E-state index in [9.17, 15) is 4.79 Å². The number of hydrogen-bond acceptors (Lipinski definition) is 3. The molecule has 0 radical (unpaired) electrons. The average molecular weight is 323 g/mol. The molecule has 1 unspecified atom stereocenters. The quantitative estimate of drug-likeness (QED) is 0.791. The average Bonchev–Trinajstić information content (AvgIpc) is 2.97. The van der Waals surface area contributed by atoms with Gasteiger partial charge >= 0.3 is 0 Å². The van der Waals surface area contributed by atoms with Crippen molar-refractivity contribution in [1.29, 1.82) is 0 Å². The number of nitrogens with two attached hydrogens (primary N) is 1. The summed E-state index contributed by atoms with van der Waals surface area (Å²) < 4.78 is 0. The highest BCUT2D eigenvalue weighted by Crippen LogP contribution is 2.19. The molecular formula is C16H23ClN4O. The predicted molar refractivity (Wildman–Crippen MR) is 91.0 cm³/mol. The van der Waals surface area contributed by atoms with Gasteiger partial charge in [-0.05, 0) is 18.9 Å². The van der Waals surface area contributed by atoms with Gasteiger partial charge in [0.15, 0.2) is 0 Å². The smallest absolute Gasteiger partial charge is 0.269 e. The Labute approximate surface area is 137 Å². The number of carbonyl (C=O) groups excluding carboxylic acids is 1. The van der Waals surface area contributed by atoms with Gasteiger partial charge in [-0.25, -0.2) is 0 Å². The van der Waals surface area contributed by atoms with Crippen molar-refractivity contribution in [2.24, 2.45) is 11.7 Å². The number of rotatable bonds is 5. The fraction of sp³-hybridized carbons (Fsp3) is 0.375. The Bertz CT molecular complexity index is 612. The molecule has 1 heterocycles. The molecule has 22 heavy (non-hydrogen) atoms. The summed E-state index contributed by atoms with van der Waals surface area (Å²) in [4.78, 5) is 12.3. The summed E-state index contributed by atoms with van der Waals surface area (Å²) in [7, 11) is 0. The van der Waals surface area contributed by atoms with Crippen molar-refractivity contribution >= 4 is 18.3 Å². The van der Waals surface area contributed by atoms with E-state index < -0.39 is 5.54 Å². The number of benzene rings is 1. The molecule has 0 aliphatic rings. The van der Waals surface area contributed by atoms with Crippen molar-refractivity contribution in [3.05, 3.63) is 42.1 Å². The SMILES string of the molecule is CC(C)C(C)(CN)NC(=O)c1cc(-c2ccccc2)n[nH]1.Cl. The van der Waals surface area contributed by atoms with E-state index in [1.54, 1.807) is 6.07 Å². The minimum absolute atomic E-state index is 0. The van der Waals surface area contributed by atoms with Crippen LogP contribution >= 0.6 is 12.4 Å². The molecule has 0 saturated carbocycles. The highest BCUT2D eigenvalue weighted by atomic mass is 35.5. The molecule has 0 spiro atoms. The van der Waals surface area contributed by atoms with Gasteiger partial charge < -0.3 is 11.1 Å². The Morgan fingerprint density at radius 1 is 1.36 bits per heavy atom. The van der Waals surface area contributed by atoms with Crippen LogP contribution in [0.5, 0.6) is 0 Å². The predicted octanol–water partition coefficient (Wildman–Crippen LogP) is 2.60. The number of carbonyl (C=O) groups is 1. The normalized spacial score (nSPS) is 13.3. The Hall–Kier alpha value is -1.85. The molecule has 0 fully saturated rings. The van der Waals surface area contributed by atoms with Crippen LogP contribution in [-0.4, -0.2) is 28.2 Å². The number of aromatic nitrogens is 2. The van der Waals surface area contributed by atoms with Crippen molar-refractivity contribution in [2.45, 2.75) is 26.3 Å². The molecule has 0 aliphatic carbocycles. The van der Waals surface area contributed by atoms with Crippen LogP contribution in [0.1, 0.15) is 31.3 Å². The first-order valence-corrected chi connectivity index (χ1v) is 7.09. The molecule has 5 nitrogen and oxygen atoms in total. The first-order valence-electron chi connectivity index (χ1n) is 7.09. The fourth-order valence-electron chi connectivity index (χ4n) is 1.95. The van der Waals surface area contributed by atoms with Gasteiger partial charge in [0.25, 0.3) is 5.91 Å². The van der Waals surface area contributed by atoms with E-state index >= 15 is 0 Å². The minimum Gasteiger partial charge on any atom is -0.344 e. The molecule has 1 aromatic heterocycles. The molecule has 4 N–H and O–H groups in total. The molecular weight excluding hydrogens is 300 g/mol. The maximum absolute atomic E-state index is 12.3. The largest absolute Gasteiger partial charge is 0.344 e. The standard InChI is InChI=1S/C16H22N4O.ClH/c1-11(2)16(3,10-17)18-15(21)14-9-13(19-20-14)12-7-5-4-6-8-12;/h4-9,11H,10,17H2,1-3H3,(H,18,21)(H,19,20);1H. The zero-order valence-corrected chi connectivity index (χ0v) is 13.9. The molecule has 0 aliphatic heterocycles. The van der Waals surface area contributed by atoms with E-state index in [1.165, 1.54) is 0 Å². The van der Waals surface area contributed by atoms with Crippen LogP contribution in [0.2, 0.25) is 0 Å². The van der Waals surface area contributed by atoms with Crippen LogP contribution < -0.4 is 11.1 Å². The third-order valence-electron chi connectivity index (χ3n) is 3.99. The van der Waals surface area contributed by atoms with Crippen LogP contribution in [0, 0.1) is 5.92 Å². The lowest BCUT2D eigenvalue weighted by Gasteiger charge is -2.33. The second-order valence-corrected chi connectivity index (χ2v) is 5.76. The monoisotopic (exact) mass is 322 g/mol. The third kappa shape index (κ3) is 3.87.